The third kappa shape index (κ3) is 2.37. The molecule has 0 saturated heterocycles. The summed E-state index contributed by atoms with van der Waals surface area (Å²) in [6, 6.07) is 18.0. The summed E-state index contributed by atoms with van der Waals surface area (Å²) in [6.45, 7) is 1.97. The summed E-state index contributed by atoms with van der Waals surface area (Å²) in [5, 5.41) is 2.25. The molecule has 0 unspecified atom stereocenters. The molecule has 2 nitrogen and oxygen atoms in total. The van der Waals surface area contributed by atoms with E-state index in [4.69, 9.17) is 10.5 Å². The van der Waals surface area contributed by atoms with Crippen LogP contribution in [0.3, 0.4) is 0 Å². The van der Waals surface area contributed by atoms with Gasteiger partial charge in [0.2, 0.25) is 0 Å². The summed E-state index contributed by atoms with van der Waals surface area (Å²) in [6.07, 6.45) is 0. The van der Waals surface area contributed by atoms with Crippen molar-refractivity contribution in [3.05, 3.63) is 64.6 Å². The largest absolute Gasteiger partial charge is 0.456 e. The number of aryl methyl sites for hydroxylation is 1. The van der Waals surface area contributed by atoms with E-state index in [1.165, 1.54) is 0 Å². The minimum Gasteiger partial charge on any atom is -0.456 e. The molecule has 0 atom stereocenters. The summed E-state index contributed by atoms with van der Waals surface area (Å²) in [7, 11) is 0. The van der Waals surface area contributed by atoms with Crippen LogP contribution in [0.5, 0.6) is 11.5 Å². The number of nitrogens with two attached hydrogens (primary N) is 1. The van der Waals surface area contributed by atoms with E-state index in [-0.39, 0.29) is 0 Å². The fourth-order valence-corrected chi connectivity index (χ4v) is 2.59. The van der Waals surface area contributed by atoms with Gasteiger partial charge in [-0.05, 0) is 52.0 Å². The van der Waals surface area contributed by atoms with Crippen LogP contribution in [0.15, 0.2) is 59.1 Å². The molecule has 0 heterocycles. The summed E-state index contributed by atoms with van der Waals surface area (Å²) in [5.74, 6) is 1.61. The average Bonchev–Trinajstić information content (AvgIpc) is 2.45. The Balaban J connectivity index is 2.08. The van der Waals surface area contributed by atoms with Crippen molar-refractivity contribution < 1.29 is 4.74 Å². The first kappa shape index (κ1) is 13.0. The maximum Gasteiger partial charge on any atom is 0.142 e. The van der Waals surface area contributed by atoms with E-state index in [0.29, 0.717) is 0 Å². The van der Waals surface area contributed by atoms with E-state index in [0.717, 1.165) is 38.0 Å². The Morgan fingerprint density at radius 1 is 0.950 bits per heavy atom. The van der Waals surface area contributed by atoms with Crippen molar-refractivity contribution in [2.45, 2.75) is 6.92 Å². The van der Waals surface area contributed by atoms with E-state index in [1.54, 1.807) is 0 Å². The summed E-state index contributed by atoms with van der Waals surface area (Å²) in [4.78, 5) is 0. The summed E-state index contributed by atoms with van der Waals surface area (Å²) in [5.41, 5.74) is 7.64. The van der Waals surface area contributed by atoms with Gasteiger partial charge in [0.05, 0.1) is 4.47 Å². The lowest BCUT2D eigenvalue weighted by atomic mass is 10.1. The minimum absolute atomic E-state index is 0.752. The van der Waals surface area contributed by atoms with Crippen LogP contribution in [-0.2, 0) is 0 Å². The molecule has 0 spiro atoms. The van der Waals surface area contributed by atoms with E-state index < -0.39 is 0 Å². The molecule has 20 heavy (non-hydrogen) atoms. The zero-order valence-electron chi connectivity index (χ0n) is 11.1. The summed E-state index contributed by atoms with van der Waals surface area (Å²) < 4.78 is 6.91. The first-order valence-electron chi connectivity index (χ1n) is 6.36. The lowest BCUT2D eigenvalue weighted by molar-refractivity contribution is 0.485. The SMILES string of the molecule is Cc1cc(Oc2cccc3ccccc23)c(Br)cc1N. The van der Waals surface area contributed by atoms with Crippen LogP contribution in [-0.4, -0.2) is 0 Å². The van der Waals surface area contributed by atoms with Crippen molar-refractivity contribution in [1.29, 1.82) is 0 Å². The highest BCUT2D eigenvalue weighted by Gasteiger charge is 2.08. The van der Waals surface area contributed by atoms with Crippen LogP contribution in [0.25, 0.3) is 10.8 Å². The Labute approximate surface area is 126 Å². The molecule has 0 radical (unpaired) electrons. The molecule has 0 aromatic heterocycles. The molecular weight excluding hydrogens is 314 g/mol. The fraction of sp³-hybridized carbons (Fsp3) is 0.0588. The predicted octanol–water partition coefficient (Wildman–Crippen LogP) is 5.29. The number of hydrogen-bond donors (Lipinski definition) is 1. The number of ether oxygens (including phenoxy) is 1. The van der Waals surface area contributed by atoms with Crippen LogP contribution in [0.2, 0.25) is 0 Å². The van der Waals surface area contributed by atoms with E-state index in [1.807, 2.05) is 43.3 Å². The Hall–Kier alpha value is -2.00. The first-order valence-corrected chi connectivity index (χ1v) is 7.15. The van der Waals surface area contributed by atoms with Gasteiger partial charge in [-0.15, -0.1) is 0 Å². The number of halogens is 1. The monoisotopic (exact) mass is 327 g/mol. The molecule has 3 heteroatoms. The van der Waals surface area contributed by atoms with E-state index >= 15 is 0 Å². The Bertz CT molecular complexity index is 778. The van der Waals surface area contributed by atoms with Crippen LogP contribution in [0, 0.1) is 6.92 Å². The lowest BCUT2D eigenvalue weighted by Crippen LogP contribution is -1.93. The number of rotatable bonds is 2. The molecule has 100 valence electrons. The molecule has 0 amide bonds. The molecule has 0 bridgehead atoms. The van der Waals surface area contributed by atoms with Crippen molar-refractivity contribution in [2.75, 3.05) is 5.73 Å². The topological polar surface area (TPSA) is 35.2 Å². The molecule has 0 fully saturated rings. The van der Waals surface area contributed by atoms with Crippen LogP contribution in [0.4, 0.5) is 5.69 Å². The smallest absolute Gasteiger partial charge is 0.142 e. The second-order valence-corrected chi connectivity index (χ2v) is 5.57. The van der Waals surface area contributed by atoms with Crippen LogP contribution < -0.4 is 10.5 Å². The van der Waals surface area contributed by atoms with Gasteiger partial charge in [0, 0.05) is 11.1 Å². The second-order valence-electron chi connectivity index (χ2n) is 4.72. The van der Waals surface area contributed by atoms with Gasteiger partial charge in [0.1, 0.15) is 11.5 Å². The third-order valence-electron chi connectivity index (χ3n) is 3.29. The van der Waals surface area contributed by atoms with Gasteiger partial charge in [0.15, 0.2) is 0 Å². The highest BCUT2D eigenvalue weighted by molar-refractivity contribution is 9.10. The molecule has 0 saturated carbocycles. The predicted molar refractivity (Wildman–Crippen MR) is 87.3 cm³/mol. The normalized spacial score (nSPS) is 10.7. The van der Waals surface area contributed by atoms with Gasteiger partial charge in [-0.1, -0.05) is 36.4 Å². The van der Waals surface area contributed by atoms with Gasteiger partial charge >= 0.3 is 0 Å². The molecule has 0 aliphatic rings. The molecule has 2 N–H and O–H groups in total. The van der Waals surface area contributed by atoms with E-state index in [2.05, 4.69) is 34.1 Å². The highest BCUT2D eigenvalue weighted by Crippen LogP contribution is 2.36. The quantitative estimate of drug-likeness (QED) is 0.649. The molecule has 3 rings (SSSR count). The highest BCUT2D eigenvalue weighted by atomic mass is 79.9. The molecule has 0 aliphatic heterocycles. The molecule has 3 aromatic rings. The number of benzene rings is 3. The van der Waals surface area contributed by atoms with Crippen LogP contribution >= 0.6 is 15.9 Å². The van der Waals surface area contributed by atoms with Gasteiger partial charge < -0.3 is 10.5 Å². The van der Waals surface area contributed by atoms with Gasteiger partial charge in [-0.3, -0.25) is 0 Å². The second kappa shape index (κ2) is 5.17. The molecule has 3 aromatic carbocycles. The first-order chi connectivity index (χ1) is 9.65. The van der Waals surface area contributed by atoms with Crippen molar-refractivity contribution in [3.8, 4) is 11.5 Å². The Kier molecular flexibility index (Phi) is 3.36. The Morgan fingerprint density at radius 3 is 2.55 bits per heavy atom. The van der Waals surface area contributed by atoms with Crippen molar-refractivity contribution in [2.24, 2.45) is 0 Å². The minimum atomic E-state index is 0.752. The summed E-state index contributed by atoms with van der Waals surface area (Å²) >= 11 is 3.50. The standard InChI is InChI=1S/C17H14BrNO/c1-11-9-17(14(18)10-15(11)19)20-16-8-4-6-12-5-2-3-7-13(12)16/h2-10H,19H2,1H3. The van der Waals surface area contributed by atoms with Crippen molar-refractivity contribution >= 4 is 32.4 Å². The number of hydrogen-bond acceptors (Lipinski definition) is 2. The lowest BCUT2D eigenvalue weighted by Gasteiger charge is -2.12. The zero-order chi connectivity index (χ0) is 14.1. The average molecular weight is 328 g/mol. The molecular formula is C17H14BrNO. The fourth-order valence-electron chi connectivity index (χ4n) is 2.15. The van der Waals surface area contributed by atoms with Crippen LogP contribution in [0.1, 0.15) is 5.56 Å². The number of fused-ring (bicyclic) bond motifs is 1. The van der Waals surface area contributed by atoms with Gasteiger partial charge in [-0.25, -0.2) is 0 Å². The molecule has 0 aliphatic carbocycles. The maximum atomic E-state index is 6.06. The van der Waals surface area contributed by atoms with Crippen molar-refractivity contribution in [1.82, 2.24) is 0 Å². The van der Waals surface area contributed by atoms with Gasteiger partial charge in [0.25, 0.3) is 0 Å². The van der Waals surface area contributed by atoms with Crippen molar-refractivity contribution in [3.63, 3.8) is 0 Å². The zero-order valence-corrected chi connectivity index (χ0v) is 12.6. The Morgan fingerprint density at radius 2 is 1.70 bits per heavy atom. The number of nitrogen functional groups attached to an aromatic ring is 1. The van der Waals surface area contributed by atoms with E-state index in [9.17, 15) is 0 Å². The third-order valence-corrected chi connectivity index (χ3v) is 3.91. The maximum absolute atomic E-state index is 6.06. The number of anilines is 1. The van der Waals surface area contributed by atoms with Gasteiger partial charge in [-0.2, -0.15) is 0 Å².